The highest BCUT2D eigenvalue weighted by Crippen LogP contribution is 2.44. The molecule has 1 fully saturated rings. The molecule has 1 aliphatic carbocycles. The fraction of sp³-hybridized carbons (Fsp3) is 1.00. The number of hydrogen-bond acceptors (Lipinski definition) is 0. The van der Waals surface area contributed by atoms with Gasteiger partial charge in [-0.3, -0.25) is 0 Å². The smallest absolute Gasteiger partial charge is 0.171 e. The molecule has 0 heterocycles. The zero-order valence-electron chi connectivity index (χ0n) is 8.36. The van der Waals surface area contributed by atoms with Crippen LogP contribution in [0.4, 0.5) is 13.2 Å². The fourth-order valence-corrected chi connectivity index (χ4v) is 2.25. The van der Waals surface area contributed by atoms with Gasteiger partial charge in [-0.15, -0.1) is 0 Å². The number of alkyl halides is 3. The minimum absolute atomic E-state index is 0.204. The lowest BCUT2D eigenvalue weighted by atomic mass is 9.70. The van der Waals surface area contributed by atoms with Crippen LogP contribution in [0.15, 0.2) is 0 Å². The summed E-state index contributed by atoms with van der Waals surface area (Å²) in [7, 11) is 0. The van der Waals surface area contributed by atoms with Crippen LogP contribution in [0.3, 0.4) is 0 Å². The Balaban J connectivity index is 2.64. The Morgan fingerprint density at radius 2 is 1.31 bits per heavy atom. The second kappa shape index (κ2) is 3.50. The van der Waals surface area contributed by atoms with E-state index in [1.54, 1.807) is 0 Å². The molecule has 3 heteroatoms. The molecule has 0 nitrogen and oxygen atoms in total. The third-order valence-electron chi connectivity index (χ3n) is 3.57. The molecule has 0 aromatic carbocycles. The molecule has 0 spiro atoms. The summed E-state index contributed by atoms with van der Waals surface area (Å²) in [6, 6.07) is 0. The van der Waals surface area contributed by atoms with Gasteiger partial charge in [0.15, 0.2) is 0 Å². The molecule has 0 aliphatic heterocycles. The average Bonchev–Trinajstić information content (AvgIpc) is 1.97. The van der Waals surface area contributed by atoms with Crippen LogP contribution in [0.5, 0.6) is 0 Å². The number of hydrogen-bond donors (Lipinski definition) is 0. The highest BCUT2D eigenvalue weighted by molar-refractivity contribution is 4.83. The first-order valence-electron chi connectivity index (χ1n) is 4.89. The summed E-state index contributed by atoms with van der Waals surface area (Å²) in [5.41, 5.74) is 0. The highest BCUT2D eigenvalue weighted by Gasteiger charge is 2.44. The molecule has 13 heavy (non-hydrogen) atoms. The summed E-state index contributed by atoms with van der Waals surface area (Å²) >= 11 is 0. The van der Waals surface area contributed by atoms with Crippen LogP contribution in [0, 0.1) is 23.7 Å². The Morgan fingerprint density at radius 1 is 0.923 bits per heavy atom. The van der Waals surface area contributed by atoms with Gasteiger partial charge >= 0.3 is 6.18 Å². The van der Waals surface area contributed by atoms with E-state index >= 15 is 0 Å². The van der Waals surface area contributed by atoms with Crippen LogP contribution in [0.2, 0.25) is 0 Å². The van der Waals surface area contributed by atoms with Crippen LogP contribution in [0.1, 0.15) is 33.6 Å². The molecule has 2 atom stereocenters. The predicted octanol–water partition coefficient (Wildman–Crippen LogP) is 3.87. The average molecular weight is 194 g/mol. The Hall–Kier alpha value is -0.210. The predicted molar refractivity (Wildman–Crippen MR) is 46.3 cm³/mol. The van der Waals surface area contributed by atoms with Gasteiger partial charge in [0.25, 0.3) is 0 Å². The lowest BCUT2D eigenvalue weighted by Gasteiger charge is -2.37. The zero-order valence-corrected chi connectivity index (χ0v) is 8.36. The van der Waals surface area contributed by atoms with Gasteiger partial charge < -0.3 is 0 Å². The van der Waals surface area contributed by atoms with Crippen LogP contribution in [0.25, 0.3) is 0 Å². The maximum absolute atomic E-state index is 12.4. The summed E-state index contributed by atoms with van der Waals surface area (Å²) in [6.45, 7) is 5.92. The van der Waals surface area contributed by atoms with Gasteiger partial charge in [0, 0.05) is 0 Å². The van der Waals surface area contributed by atoms with Crippen LogP contribution < -0.4 is 0 Å². The van der Waals surface area contributed by atoms with Crippen molar-refractivity contribution in [1.29, 1.82) is 0 Å². The highest BCUT2D eigenvalue weighted by atomic mass is 19.4. The van der Waals surface area contributed by atoms with E-state index in [4.69, 9.17) is 0 Å². The van der Waals surface area contributed by atoms with Crippen molar-refractivity contribution in [2.24, 2.45) is 23.7 Å². The third kappa shape index (κ3) is 2.38. The van der Waals surface area contributed by atoms with Crippen molar-refractivity contribution in [2.45, 2.75) is 39.8 Å². The van der Waals surface area contributed by atoms with E-state index in [0.29, 0.717) is 18.8 Å². The molecule has 0 aromatic rings. The first kappa shape index (κ1) is 10.9. The van der Waals surface area contributed by atoms with Crippen molar-refractivity contribution in [3.05, 3.63) is 0 Å². The van der Waals surface area contributed by atoms with Gasteiger partial charge in [0.05, 0.1) is 5.92 Å². The molecule has 0 bridgehead atoms. The third-order valence-corrected chi connectivity index (χ3v) is 3.57. The van der Waals surface area contributed by atoms with Crippen LogP contribution in [-0.2, 0) is 0 Å². The monoisotopic (exact) mass is 194 g/mol. The minimum Gasteiger partial charge on any atom is -0.171 e. The molecular formula is C10H17F3. The molecule has 2 unspecified atom stereocenters. The zero-order chi connectivity index (χ0) is 10.2. The first-order valence-corrected chi connectivity index (χ1v) is 4.89. The molecule has 0 saturated heterocycles. The molecule has 1 rings (SSSR count). The first-order chi connectivity index (χ1) is 5.82. The van der Waals surface area contributed by atoms with E-state index in [1.807, 2.05) is 13.8 Å². The van der Waals surface area contributed by atoms with Crippen molar-refractivity contribution < 1.29 is 13.2 Å². The summed E-state index contributed by atoms with van der Waals surface area (Å²) in [5, 5.41) is 0. The topological polar surface area (TPSA) is 0 Å². The van der Waals surface area contributed by atoms with Gasteiger partial charge in [-0.2, -0.15) is 13.2 Å². The van der Waals surface area contributed by atoms with Crippen LogP contribution >= 0.6 is 0 Å². The summed E-state index contributed by atoms with van der Waals surface area (Å²) < 4.78 is 37.2. The van der Waals surface area contributed by atoms with Gasteiger partial charge in [0.1, 0.15) is 0 Å². The molecular weight excluding hydrogens is 177 g/mol. The minimum atomic E-state index is -3.98. The lowest BCUT2D eigenvalue weighted by Crippen LogP contribution is -2.35. The second-order valence-corrected chi connectivity index (χ2v) is 4.52. The summed E-state index contributed by atoms with van der Waals surface area (Å²) in [4.78, 5) is 0. The standard InChI is InChI=1S/C10H17F3/c1-6-4-9(10(11,12)13)5-7(2)8(6)3/h6-9H,4-5H2,1-3H3. The summed E-state index contributed by atoms with van der Waals surface area (Å²) in [5.74, 6) is -0.224. The fourth-order valence-electron chi connectivity index (χ4n) is 2.25. The molecule has 0 aromatic heterocycles. The van der Waals surface area contributed by atoms with Crippen molar-refractivity contribution in [1.82, 2.24) is 0 Å². The quantitative estimate of drug-likeness (QED) is 0.549. The molecule has 0 N–H and O–H groups in total. The molecule has 1 saturated carbocycles. The van der Waals surface area contributed by atoms with E-state index in [1.165, 1.54) is 0 Å². The molecule has 0 radical (unpaired) electrons. The van der Waals surface area contributed by atoms with E-state index in [2.05, 4.69) is 6.92 Å². The molecule has 78 valence electrons. The second-order valence-electron chi connectivity index (χ2n) is 4.52. The lowest BCUT2D eigenvalue weighted by molar-refractivity contribution is -0.192. The normalized spacial score (nSPS) is 42.0. The van der Waals surface area contributed by atoms with Gasteiger partial charge in [-0.25, -0.2) is 0 Å². The van der Waals surface area contributed by atoms with E-state index in [-0.39, 0.29) is 11.8 Å². The molecule has 0 amide bonds. The number of rotatable bonds is 0. The Labute approximate surface area is 77.5 Å². The van der Waals surface area contributed by atoms with Crippen molar-refractivity contribution in [3.63, 3.8) is 0 Å². The maximum Gasteiger partial charge on any atom is 0.391 e. The maximum atomic E-state index is 12.4. The van der Waals surface area contributed by atoms with Gasteiger partial charge in [-0.1, -0.05) is 20.8 Å². The largest absolute Gasteiger partial charge is 0.391 e. The van der Waals surface area contributed by atoms with E-state index in [9.17, 15) is 13.2 Å². The van der Waals surface area contributed by atoms with Crippen molar-refractivity contribution in [3.8, 4) is 0 Å². The van der Waals surface area contributed by atoms with E-state index in [0.717, 1.165) is 0 Å². The van der Waals surface area contributed by atoms with Crippen molar-refractivity contribution in [2.75, 3.05) is 0 Å². The van der Waals surface area contributed by atoms with Gasteiger partial charge in [0.2, 0.25) is 0 Å². The van der Waals surface area contributed by atoms with Gasteiger partial charge in [-0.05, 0) is 30.6 Å². The Kier molecular flexibility index (Phi) is 2.93. The summed E-state index contributed by atoms with van der Waals surface area (Å²) in [6.07, 6.45) is -3.35. The van der Waals surface area contributed by atoms with E-state index < -0.39 is 12.1 Å². The molecule has 1 aliphatic rings. The number of halogens is 3. The van der Waals surface area contributed by atoms with Crippen molar-refractivity contribution >= 4 is 0 Å². The Morgan fingerprint density at radius 3 is 1.62 bits per heavy atom. The Bertz CT molecular complexity index is 161. The SMILES string of the molecule is CC1CC(C(F)(F)F)CC(C)C1C. The van der Waals surface area contributed by atoms with Crippen LogP contribution in [-0.4, -0.2) is 6.18 Å².